The van der Waals surface area contributed by atoms with Crippen LogP contribution in [0.15, 0.2) is 18.3 Å². The highest BCUT2D eigenvalue weighted by atomic mass is 19.4. The molecule has 0 aromatic carbocycles. The molecule has 3 nitrogen and oxygen atoms in total. The van der Waals surface area contributed by atoms with E-state index < -0.39 is 17.3 Å². The second-order valence-corrected chi connectivity index (χ2v) is 5.51. The minimum Gasteiger partial charge on any atom is -0.383 e. The van der Waals surface area contributed by atoms with Crippen LogP contribution in [0.4, 0.5) is 13.2 Å². The van der Waals surface area contributed by atoms with Gasteiger partial charge in [0.2, 0.25) is 0 Å². The smallest absolute Gasteiger partial charge is 0.383 e. The minimum absolute atomic E-state index is 0.140. The molecule has 2 atom stereocenters. The number of piperidine rings is 1. The Labute approximate surface area is 108 Å². The first kappa shape index (κ1) is 12.9. The van der Waals surface area contributed by atoms with Crippen LogP contribution in [-0.2, 0) is 11.8 Å². The highest BCUT2D eigenvalue weighted by molar-refractivity contribution is 5.25. The molecule has 0 radical (unpaired) electrons. The normalized spacial score (nSPS) is 34.5. The molecule has 2 aliphatic rings. The molecule has 3 rings (SSSR count). The van der Waals surface area contributed by atoms with Crippen LogP contribution in [0.1, 0.15) is 36.9 Å². The van der Waals surface area contributed by atoms with Gasteiger partial charge in [-0.05, 0) is 37.8 Å². The number of pyridine rings is 1. The summed E-state index contributed by atoms with van der Waals surface area (Å²) in [6.07, 6.45) is -0.493. The Morgan fingerprint density at radius 1 is 1.26 bits per heavy atom. The Bertz CT molecular complexity index is 477. The van der Waals surface area contributed by atoms with Gasteiger partial charge in [0.05, 0.1) is 11.3 Å². The van der Waals surface area contributed by atoms with E-state index >= 15 is 0 Å². The van der Waals surface area contributed by atoms with Crippen LogP contribution >= 0.6 is 0 Å². The zero-order valence-electron chi connectivity index (χ0n) is 10.2. The maximum atomic E-state index is 12.7. The fourth-order valence-corrected chi connectivity index (χ4v) is 3.19. The zero-order valence-corrected chi connectivity index (χ0v) is 10.2. The molecular formula is C13H15F3N2O. The van der Waals surface area contributed by atoms with Gasteiger partial charge in [-0.1, -0.05) is 0 Å². The van der Waals surface area contributed by atoms with Crippen molar-refractivity contribution < 1.29 is 18.3 Å². The summed E-state index contributed by atoms with van der Waals surface area (Å²) in [6, 6.07) is 2.27. The van der Waals surface area contributed by atoms with Gasteiger partial charge in [0, 0.05) is 18.3 Å². The Morgan fingerprint density at radius 3 is 2.47 bits per heavy atom. The van der Waals surface area contributed by atoms with Gasteiger partial charge >= 0.3 is 6.18 Å². The Morgan fingerprint density at radius 2 is 1.89 bits per heavy atom. The number of hydrogen-bond acceptors (Lipinski definition) is 3. The average Bonchev–Trinajstić information content (AvgIpc) is 2.68. The minimum atomic E-state index is -4.40. The van der Waals surface area contributed by atoms with Crippen molar-refractivity contribution >= 4 is 0 Å². The van der Waals surface area contributed by atoms with Crippen LogP contribution in [0.25, 0.3) is 0 Å². The molecule has 2 fully saturated rings. The maximum Gasteiger partial charge on any atom is 0.416 e. The quantitative estimate of drug-likeness (QED) is 0.824. The van der Waals surface area contributed by atoms with Crippen molar-refractivity contribution in [3.8, 4) is 0 Å². The summed E-state index contributed by atoms with van der Waals surface area (Å²) in [6.45, 7) is 0. The third-order valence-electron chi connectivity index (χ3n) is 4.07. The second-order valence-electron chi connectivity index (χ2n) is 5.51. The molecule has 2 aliphatic heterocycles. The fraction of sp³-hybridized carbons (Fsp3) is 0.615. The molecule has 0 saturated carbocycles. The average molecular weight is 272 g/mol. The maximum absolute atomic E-state index is 12.7. The van der Waals surface area contributed by atoms with E-state index in [0.717, 1.165) is 31.2 Å². The van der Waals surface area contributed by atoms with Gasteiger partial charge in [0.25, 0.3) is 0 Å². The van der Waals surface area contributed by atoms with Gasteiger partial charge in [-0.15, -0.1) is 0 Å². The lowest BCUT2D eigenvalue weighted by Crippen LogP contribution is -2.47. The standard InChI is InChI=1S/C13H15F3N2O/c14-13(15,16)8-3-4-17-11(5-8)12(19)6-9-1-2-10(7-12)18-9/h3-5,9-10,18-19H,1-2,6-7H2. The molecule has 2 unspecified atom stereocenters. The van der Waals surface area contributed by atoms with Crippen molar-refractivity contribution in [3.05, 3.63) is 29.6 Å². The van der Waals surface area contributed by atoms with Crippen LogP contribution in [0.2, 0.25) is 0 Å². The molecule has 0 amide bonds. The Hall–Kier alpha value is -1.14. The van der Waals surface area contributed by atoms with Crippen molar-refractivity contribution in [2.75, 3.05) is 0 Å². The van der Waals surface area contributed by atoms with Gasteiger partial charge in [0.15, 0.2) is 0 Å². The largest absolute Gasteiger partial charge is 0.416 e. The van der Waals surface area contributed by atoms with Crippen molar-refractivity contribution in [1.29, 1.82) is 0 Å². The topological polar surface area (TPSA) is 45.2 Å². The van der Waals surface area contributed by atoms with Crippen molar-refractivity contribution in [3.63, 3.8) is 0 Å². The number of nitrogens with one attached hydrogen (secondary N) is 1. The molecule has 2 bridgehead atoms. The number of aromatic nitrogens is 1. The summed E-state index contributed by atoms with van der Waals surface area (Å²) in [7, 11) is 0. The number of alkyl halides is 3. The monoisotopic (exact) mass is 272 g/mol. The van der Waals surface area contributed by atoms with Crippen molar-refractivity contribution in [1.82, 2.24) is 10.3 Å². The number of hydrogen-bond donors (Lipinski definition) is 2. The van der Waals surface area contributed by atoms with Gasteiger partial charge in [-0.3, -0.25) is 4.98 Å². The van der Waals surface area contributed by atoms with E-state index in [1.807, 2.05) is 0 Å². The molecule has 6 heteroatoms. The molecule has 2 saturated heterocycles. The lowest BCUT2D eigenvalue weighted by Gasteiger charge is -2.36. The van der Waals surface area contributed by atoms with E-state index in [0.29, 0.717) is 12.8 Å². The third-order valence-corrected chi connectivity index (χ3v) is 4.07. The summed E-state index contributed by atoms with van der Waals surface area (Å²) in [4.78, 5) is 3.97. The number of halogens is 3. The fourth-order valence-electron chi connectivity index (χ4n) is 3.19. The number of fused-ring (bicyclic) bond motifs is 2. The van der Waals surface area contributed by atoms with E-state index in [1.54, 1.807) is 0 Å². The van der Waals surface area contributed by atoms with Crippen LogP contribution in [-0.4, -0.2) is 22.2 Å². The molecule has 1 aromatic heterocycles. The Balaban J connectivity index is 1.93. The Kier molecular flexibility index (Phi) is 2.83. The molecule has 19 heavy (non-hydrogen) atoms. The second kappa shape index (κ2) is 4.18. The summed E-state index contributed by atoms with van der Waals surface area (Å²) < 4.78 is 38.1. The van der Waals surface area contributed by atoms with E-state index in [1.165, 1.54) is 0 Å². The van der Waals surface area contributed by atoms with Gasteiger partial charge in [0.1, 0.15) is 5.60 Å². The van der Waals surface area contributed by atoms with E-state index in [-0.39, 0.29) is 17.8 Å². The number of rotatable bonds is 1. The van der Waals surface area contributed by atoms with Crippen molar-refractivity contribution in [2.24, 2.45) is 0 Å². The van der Waals surface area contributed by atoms with Crippen LogP contribution < -0.4 is 5.32 Å². The molecular weight excluding hydrogens is 257 g/mol. The predicted molar refractivity (Wildman–Crippen MR) is 62.3 cm³/mol. The molecule has 2 N–H and O–H groups in total. The summed E-state index contributed by atoms with van der Waals surface area (Å²) in [5.74, 6) is 0. The molecule has 0 spiro atoms. The van der Waals surface area contributed by atoms with Gasteiger partial charge < -0.3 is 10.4 Å². The SMILES string of the molecule is OC1(c2cc(C(F)(F)F)ccn2)CC2CCC(C1)N2. The molecule has 0 aliphatic carbocycles. The number of nitrogens with zero attached hydrogens (tertiary/aromatic N) is 1. The van der Waals surface area contributed by atoms with Crippen LogP contribution in [0.5, 0.6) is 0 Å². The summed E-state index contributed by atoms with van der Waals surface area (Å²) in [5.41, 5.74) is -1.85. The molecule has 104 valence electrons. The number of aliphatic hydroxyl groups is 1. The van der Waals surface area contributed by atoms with E-state index in [9.17, 15) is 18.3 Å². The third kappa shape index (κ3) is 2.34. The van der Waals surface area contributed by atoms with E-state index in [2.05, 4.69) is 10.3 Å². The van der Waals surface area contributed by atoms with Crippen molar-refractivity contribution in [2.45, 2.75) is 49.5 Å². The molecule has 3 heterocycles. The predicted octanol–water partition coefficient (Wildman–Crippen LogP) is 2.20. The van der Waals surface area contributed by atoms with E-state index in [4.69, 9.17) is 0 Å². The first-order chi connectivity index (χ1) is 8.87. The lowest BCUT2D eigenvalue weighted by molar-refractivity contribution is -0.137. The van der Waals surface area contributed by atoms with Gasteiger partial charge in [-0.25, -0.2) is 0 Å². The van der Waals surface area contributed by atoms with Crippen LogP contribution in [0.3, 0.4) is 0 Å². The first-order valence-corrected chi connectivity index (χ1v) is 6.39. The highest BCUT2D eigenvalue weighted by Crippen LogP contribution is 2.41. The first-order valence-electron chi connectivity index (χ1n) is 6.39. The molecule has 1 aromatic rings. The highest BCUT2D eigenvalue weighted by Gasteiger charge is 2.45. The summed E-state index contributed by atoms with van der Waals surface area (Å²) >= 11 is 0. The summed E-state index contributed by atoms with van der Waals surface area (Å²) in [5, 5.41) is 14.0. The van der Waals surface area contributed by atoms with Crippen LogP contribution in [0, 0.1) is 0 Å². The lowest BCUT2D eigenvalue weighted by atomic mass is 9.84. The zero-order chi connectivity index (χ0) is 13.7. The van der Waals surface area contributed by atoms with Gasteiger partial charge in [-0.2, -0.15) is 13.2 Å².